The first-order chi connectivity index (χ1) is 11.7. The van der Waals surface area contributed by atoms with Crippen molar-refractivity contribution >= 4 is 23.4 Å². The van der Waals surface area contributed by atoms with Crippen molar-refractivity contribution < 1.29 is 4.74 Å². The molecular formula is C18H18ClN3OS. The standard InChI is InChI=1S/C18H18ClN3OS/c1-3-23-16-10-5-4-9-15(16)17-20-21-18(22(17)2)24-12-13-7-6-8-14(19)11-13/h4-11H,3,12H2,1-2H3. The lowest BCUT2D eigenvalue weighted by molar-refractivity contribution is 0.341. The van der Waals surface area contributed by atoms with E-state index in [9.17, 15) is 0 Å². The van der Waals surface area contributed by atoms with Gasteiger partial charge in [-0.15, -0.1) is 10.2 Å². The molecule has 0 fully saturated rings. The van der Waals surface area contributed by atoms with Gasteiger partial charge >= 0.3 is 0 Å². The molecule has 4 nitrogen and oxygen atoms in total. The predicted molar refractivity (Wildman–Crippen MR) is 98.6 cm³/mol. The van der Waals surface area contributed by atoms with E-state index in [1.807, 2.05) is 61.0 Å². The largest absolute Gasteiger partial charge is 0.493 e. The second kappa shape index (κ2) is 7.73. The van der Waals surface area contributed by atoms with Crippen molar-refractivity contribution in [2.45, 2.75) is 17.8 Å². The highest BCUT2D eigenvalue weighted by molar-refractivity contribution is 7.98. The van der Waals surface area contributed by atoms with Gasteiger partial charge in [0.25, 0.3) is 0 Å². The van der Waals surface area contributed by atoms with Crippen LogP contribution in [0.5, 0.6) is 5.75 Å². The van der Waals surface area contributed by atoms with Crippen molar-refractivity contribution in [1.82, 2.24) is 14.8 Å². The third kappa shape index (κ3) is 3.74. The van der Waals surface area contributed by atoms with Crippen molar-refractivity contribution in [2.24, 2.45) is 7.05 Å². The molecule has 0 aliphatic carbocycles. The minimum atomic E-state index is 0.616. The fraction of sp³-hybridized carbons (Fsp3) is 0.222. The molecule has 3 rings (SSSR count). The number of ether oxygens (including phenoxy) is 1. The predicted octanol–water partition coefficient (Wildman–Crippen LogP) is 4.83. The van der Waals surface area contributed by atoms with Gasteiger partial charge in [-0.3, -0.25) is 0 Å². The van der Waals surface area contributed by atoms with Gasteiger partial charge in [-0.2, -0.15) is 0 Å². The number of benzene rings is 2. The molecule has 6 heteroatoms. The zero-order chi connectivity index (χ0) is 16.9. The molecule has 0 aliphatic rings. The Kier molecular flexibility index (Phi) is 5.43. The number of para-hydroxylation sites is 1. The van der Waals surface area contributed by atoms with Crippen molar-refractivity contribution in [3.63, 3.8) is 0 Å². The van der Waals surface area contributed by atoms with Crippen LogP contribution in [-0.4, -0.2) is 21.4 Å². The Morgan fingerprint density at radius 1 is 1.12 bits per heavy atom. The monoisotopic (exact) mass is 359 g/mol. The molecule has 0 unspecified atom stereocenters. The van der Waals surface area contributed by atoms with Crippen LogP contribution in [0.4, 0.5) is 0 Å². The van der Waals surface area contributed by atoms with Gasteiger partial charge in [0.2, 0.25) is 0 Å². The smallest absolute Gasteiger partial charge is 0.191 e. The number of rotatable bonds is 6. The van der Waals surface area contributed by atoms with Gasteiger partial charge in [-0.1, -0.05) is 47.6 Å². The van der Waals surface area contributed by atoms with E-state index in [0.29, 0.717) is 6.61 Å². The van der Waals surface area contributed by atoms with E-state index in [1.165, 1.54) is 0 Å². The molecule has 0 aliphatic heterocycles. The number of aromatic nitrogens is 3. The SMILES string of the molecule is CCOc1ccccc1-c1nnc(SCc2cccc(Cl)c2)n1C. The minimum absolute atomic E-state index is 0.616. The fourth-order valence-corrected chi connectivity index (χ4v) is 3.45. The molecule has 0 saturated carbocycles. The Morgan fingerprint density at radius 3 is 2.75 bits per heavy atom. The van der Waals surface area contributed by atoms with Gasteiger partial charge in [-0.05, 0) is 36.8 Å². The van der Waals surface area contributed by atoms with Crippen LogP contribution in [0.2, 0.25) is 5.02 Å². The summed E-state index contributed by atoms with van der Waals surface area (Å²) >= 11 is 7.67. The molecule has 0 spiro atoms. The molecule has 24 heavy (non-hydrogen) atoms. The lowest BCUT2D eigenvalue weighted by atomic mass is 10.2. The van der Waals surface area contributed by atoms with Crippen molar-refractivity contribution in [3.05, 3.63) is 59.1 Å². The zero-order valence-corrected chi connectivity index (χ0v) is 15.1. The van der Waals surface area contributed by atoms with Crippen molar-refractivity contribution in [3.8, 4) is 17.1 Å². The molecule has 0 bridgehead atoms. The summed E-state index contributed by atoms with van der Waals surface area (Å²) in [5.41, 5.74) is 2.11. The van der Waals surface area contributed by atoms with Crippen LogP contribution in [0, 0.1) is 0 Å². The molecule has 1 heterocycles. The Bertz CT molecular complexity index is 835. The van der Waals surface area contributed by atoms with E-state index in [-0.39, 0.29) is 0 Å². The number of thioether (sulfide) groups is 1. The summed E-state index contributed by atoms with van der Waals surface area (Å²) in [7, 11) is 1.97. The van der Waals surface area contributed by atoms with E-state index in [0.717, 1.165) is 38.6 Å². The summed E-state index contributed by atoms with van der Waals surface area (Å²) < 4.78 is 7.69. The second-order valence-corrected chi connectivity index (χ2v) is 6.59. The van der Waals surface area contributed by atoms with Crippen molar-refractivity contribution in [1.29, 1.82) is 0 Å². The summed E-state index contributed by atoms with van der Waals surface area (Å²) in [6.45, 7) is 2.59. The van der Waals surface area contributed by atoms with E-state index in [1.54, 1.807) is 11.8 Å². The second-order valence-electron chi connectivity index (χ2n) is 5.21. The third-order valence-corrected chi connectivity index (χ3v) is 4.85. The topological polar surface area (TPSA) is 39.9 Å². The Balaban J connectivity index is 1.81. The van der Waals surface area contributed by atoms with E-state index in [4.69, 9.17) is 16.3 Å². The minimum Gasteiger partial charge on any atom is -0.493 e. The first-order valence-electron chi connectivity index (χ1n) is 7.68. The van der Waals surface area contributed by atoms with Gasteiger partial charge in [0, 0.05) is 17.8 Å². The highest BCUT2D eigenvalue weighted by atomic mass is 35.5. The van der Waals surface area contributed by atoms with Crippen LogP contribution < -0.4 is 4.74 Å². The number of nitrogens with zero attached hydrogens (tertiary/aromatic N) is 3. The summed E-state index contributed by atoms with van der Waals surface area (Å²) in [4.78, 5) is 0. The molecule has 124 valence electrons. The van der Waals surface area contributed by atoms with Crippen LogP contribution >= 0.6 is 23.4 Å². The molecule has 0 amide bonds. The van der Waals surface area contributed by atoms with E-state index in [2.05, 4.69) is 16.3 Å². The summed E-state index contributed by atoms with van der Waals surface area (Å²) in [6, 6.07) is 15.7. The normalized spacial score (nSPS) is 10.8. The van der Waals surface area contributed by atoms with Gasteiger partial charge in [0.15, 0.2) is 11.0 Å². The molecular weight excluding hydrogens is 342 g/mol. The first-order valence-corrected chi connectivity index (χ1v) is 9.04. The highest BCUT2D eigenvalue weighted by Crippen LogP contribution is 2.31. The fourth-order valence-electron chi connectivity index (χ4n) is 2.38. The molecule has 0 N–H and O–H groups in total. The van der Waals surface area contributed by atoms with Crippen LogP contribution in [-0.2, 0) is 12.8 Å². The van der Waals surface area contributed by atoms with Crippen LogP contribution in [0.15, 0.2) is 53.7 Å². The summed E-state index contributed by atoms with van der Waals surface area (Å²) in [5.74, 6) is 2.41. The van der Waals surface area contributed by atoms with Crippen LogP contribution in [0.3, 0.4) is 0 Å². The van der Waals surface area contributed by atoms with Crippen LogP contribution in [0.1, 0.15) is 12.5 Å². The van der Waals surface area contributed by atoms with Gasteiger partial charge in [0.1, 0.15) is 5.75 Å². The highest BCUT2D eigenvalue weighted by Gasteiger charge is 2.15. The van der Waals surface area contributed by atoms with Crippen LogP contribution in [0.25, 0.3) is 11.4 Å². The summed E-state index contributed by atoms with van der Waals surface area (Å²) in [5, 5.41) is 10.3. The quantitative estimate of drug-likeness (QED) is 0.591. The van der Waals surface area contributed by atoms with Gasteiger partial charge in [-0.25, -0.2) is 0 Å². The number of hydrogen-bond donors (Lipinski definition) is 0. The summed E-state index contributed by atoms with van der Waals surface area (Å²) in [6.07, 6.45) is 0. The Hall–Kier alpha value is -1.98. The molecule has 0 atom stereocenters. The Labute approximate surface area is 150 Å². The third-order valence-electron chi connectivity index (χ3n) is 3.52. The van der Waals surface area contributed by atoms with E-state index >= 15 is 0 Å². The maximum absolute atomic E-state index is 6.03. The molecule has 1 aromatic heterocycles. The molecule has 3 aromatic rings. The average molecular weight is 360 g/mol. The van der Waals surface area contributed by atoms with Gasteiger partial charge < -0.3 is 9.30 Å². The number of halogens is 1. The maximum Gasteiger partial charge on any atom is 0.191 e. The van der Waals surface area contributed by atoms with E-state index < -0.39 is 0 Å². The lowest BCUT2D eigenvalue weighted by Gasteiger charge is -2.09. The maximum atomic E-state index is 6.03. The van der Waals surface area contributed by atoms with Gasteiger partial charge in [0.05, 0.1) is 12.2 Å². The average Bonchev–Trinajstić information content (AvgIpc) is 2.95. The zero-order valence-electron chi connectivity index (χ0n) is 13.6. The first kappa shape index (κ1) is 16.9. The molecule has 0 radical (unpaired) electrons. The molecule has 2 aromatic carbocycles. The molecule has 0 saturated heterocycles. The van der Waals surface area contributed by atoms with Crippen molar-refractivity contribution in [2.75, 3.05) is 6.61 Å². The number of hydrogen-bond acceptors (Lipinski definition) is 4. The Morgan fingerprint density at radius 2 is 1.96 bits per heavy atom. The lowest BCUT2D eigenvalue weighted by Crippen LogP contribution is -1.99.